The second-order valence-corrected chi connectivity index (χ2v) is 8.52. The van der Waals surface area contributed by atoms with Crippen molar-refractivity contribution in [2.75, 3.05) is 55.8 Å². The molecular weight excluding hydrogens is 423 g/mol. The van der Waals surface area contributed by atoms with Crippen molar-refractivity contribution in [1.82, 2.24) is 24.8 Å². The maximum absolute atomic E-state index is 14.2. The molecule has 33 heavy (non-hydrogen) atoms. The van der Waals surface area contributed by atoms with Crippen molar-refractivity contribution < 1.29 is 9.13 Å². The number of likely N-dealkylation sites (N-methyl/N-ethyl adjacent to an activating group) is 1. The number of methoxy groups -OCH3 is 1. The Hall–Kier alpha value is -2.72. The first-order valence-corrected chi connectivity index (χ1v) is 11.9. The Morgan fingerprint density at radius 2 is 1.73 bits per heavy atom. The van der Waals surface area contributed by atoms with Crippen LogP contribution in [-0.4, -0.2) is 76.8 Å². The van der Waals surface area contributed by atoms with Crippen molar-refractivity contribution in [3.8, 4) is 5.75 Å². The number of nitrogens with one attached hydrogen (secondary N) is 3. The number of rotatable bonds is 10. The summed E-state index contributed by atoms with van der Waals surface area (Å²) in [6, 6.07) is 5.16. The Morgan fingerprint density at radius 1 is 1.00 bits per heavy atom. The molecule has 0 saturated carbocycles. The number of ether oxygens (including phenoxy) is 1. The lowest BCUT2D eigenvalue weighted by Crippen LogP contribution is -2.36. The van der Waals surface area contributed by atoms with E-state index in [0.29, 0.717) is 29.6 Å². The fraction of sp³-hybridized carbons (Fsp3) is 0.609. The maximum Gasteiger partial charge on any atom is 0.233 e. The van der Waals surface area contributed by atoms with E-state index >= 15 is 0 Å². The Kier molecular flexibility index (Phi) is 7.77. The SMILES string of the molecule is CCN1CCCC1CNc1nc(Nc2ccc(OC)c(F)c2)nc(NC2CCCN2CC)n1. The zero-order valence-electron chi connectivity index (χ0n) is 19.8. The summed E-state index contributed by atoms with van der Waals surface area (Å²) < 4.78 is 19.2. The zero-order valence-corrected chi connectivity index (χ0v) is 19.8. The Balaban J connectivity index is 1.53. The predicted octanol–water partition coefficient (Wildman–Crippen LogP) is 3.51. The van der Waals surface area contributed by atoms with Gasteiger partial charge in [0, 0.05) is 30.9 Å². The van der Waals surface area contributed by atoms with Gasteiger partial charge >= 0.3 is 0 Å². The summed E-state index contributed by atoms with van der Waals surface area (Å²) in [5, 5.41) is 9.98. The predicted molar refractivity (Wildman–Crippen MR) is 129 cm³/mol. The van der Waals surface area contributed by atoms with E-state index in [9.17, 15) is 4.39 Å². The van der Waals surface area contributed by atoms with Crippen molar-refractivity contribution in [3.05, 3.63) is 24.0 Å². The van der Waals surface area contributed by atoms with Gasteiger partial charge in [-0.1, -0.05) is 13.8 Å². The van der Waals surface area contributed by atoms with E-state index in [-0.39, 0.29) is 11.9 Å². The van der Waals surface area contributed by atoms with E-state index in [4.69, 9.17) is 4.74 Å². The first kappa shape index (κ1) is 23.4. The molecule has 3 N–H and O–H groups in total. The molecule has 2 aliphatic rings. The van der Waals surface area contributed by atoms with Crippen LogP contribution in [0.3, 0.4) is 0 Å². The molecule has 0 aliphatic carbocycles. The molecule has 1 aromatic heterocycles. The molecule has 2 saturated heterocycles. The van der Waals surface area contributed by atoms with Gasteiger partial charge < -0.3 is 20.7 Å². The highest BCUT2D eigenvalue weighted by atomic mass is 19.1. The monoisotopic (exact) mass is 458 g/mol. The van der Waals surface area contributed by atoms with Crippen molar-refractivity contribution in [2.24, 2.45) is 0 Å². The lowest BCUT2D eigenvalue weighted by atomic mass is 10.2. The molecule has 2 unspecified atom stereocenters. The highest BCUT2D eigenvalue weighted by Gasteiger charge is 2.25. The highest BCUT2D eigenvalue weighted by Crippen LogP contribution is 2.24. The summed E-state index contributed by atoms with van der Waals surface area (Å²) >= 11 is 0. The summed E-state index contributed by atoms with van der Waals surface area (Å²) in [6.07, 6.45) is 4.77. The first-order valence-electron chi connectivity index (χ1n) is 11.9. The van der Waals surface area contributed by atoms with Gasteiger partial charge in [0.25, 0.3) is 0 Å². The van der Waals surface area contributed by atoms with Crippen LogP contribution in [0.15, 0.2) is 18.2 Å². The third kappa shape index (κ3) is 5.80. The molecule has 9 nitrogen and oxygen atoms in total. The largest absolute Gasteiger partial charge is 0.494 e. The van der Waals surface area contributed by atoms with Crippen LogP contribution in [0.25, 0.3) is 0 Å². The van der Waals surface area contributed by atoms with Crippen LogP contribution >= 0.6 is 0 Å². The lowest BCUT2D eigenvalue weighted by molar-refractivity contribution is 0.276. The summed E-state index contributed by atoms with van der Waals surface area (Å²) in [5.74, 6) is 1.12. The van der Waals surface area contributed by atoms with Gasteiger partial charge in [-0.25, -0.2) is 4.39 Å². The summed E-state index contributed by atoms with van der Waals surface area (Å²) in [5.41, 5.74) is 0.542. The third-order valence-corrected chi connectivity index (χ3v) is 6.51. The summed E-state index contributed by atoms with van der Waals surface area (Å²) in [6.45, 7) is 9.34. The number of nitrogens with zero attached hydrogens (tertiary/aromatic N) is 5. The minimum absolute atomic E-state index is 0.193. The molecule has 0 amide bonds. The van der Waals surface area contributed by atoms with Gasteiger partial charge in [0.15, 0.2) is 11.6 Å². The number of hydrogen-bond donors (Lipinski definition) is 3. The number of benzene rings is 1. The van der Waals surface area contributed by atoms with E-state index < -0.39 is 5.82 Å². The number of aromatic nitrogens is 3. The zero-order chi connectivity index (χ0) is 23.2. The van der Waals surface area contributed by atoms with Gasteiger partial charge in [0.2, 0.25) is 17.8 Å². The van der Waals surface area contributed by atoms with Crippen LogP contribution in [0.4, 0.5) is 27.9 Å². The Bertz CT molecular complexity index is 929. The number of anilines is 4. The van der Waals surface area contributed by atoms with E-state index in [1.54, 1.807) is 12.1 Å². The summed E-state index contributed by atoms with van der Waals surface area (Å²) in [4.78, 5) is 18.6. The van der Waals surface area contributed by atoms with Crippen LogP contribution < -0.4 is 20.7 Å². The molecule has 0 bridgehead atoms. The average Bonchev–Trinajstić information content (AvgIpc) is 3.46. The minimum atomic E-state index is -0.446. The molecule has 4 rings (SSSR count). The van der Waals surface area contributed by atoms with Crippen molar-refractivity contribution in [1.29, 1.82) is 0 Å². The minimum Gasteiger partial charge on any atom is -0.494 e. The van der Waals surface area contributed by atoms with Crippen molar-refractivity contribution >= 4 is 23.5 Å². The van der Waals surface area contributed by atoms with E-state index in [1.165, 1.54) is 26.0 Å². The van der Waals surface area contributed by atoms with Gasteiger partial charge in [-0.05, 0) is 57.5 Å². The second kappa shape index (κ2) is 10.9. The summed E-state index contributed by atoms with van der Waals surface area (Å²) in [7, 11) is 1.44. The van der Waals surface area contributed by atoms with Gasteiger partial charge in [-0.2, -0.15) is 15.0 Å². The van der Waals surface area contributed by atoms with E-state index in [2.05, 4.69) is 54.5 Å². The molecular formula is C23H35FN8O. The van der Waals surface area contributed by atoms with E-state index in [0.717, 1.165) is 45.6 Å². The first-order chi connectivity index (χ1) is 16.1. The van der Waals surface area contributed by atoms with Gasteiger partial charge in [0.1, 0.15) is 0 Å². The van der Waals surface area contributed by atoms with Crippen molar-refractivity contribution in [2.45, 2.75) is 51.7 Å². The topological polar surface area (TPSA) is 90.5 Å². The standard InChI is InChI=1S/C23H35FN8O/c1-4-31-12-6-8-17(31)15-25-21-28-22(26-16-10-11-19(33-3)18(24)14-16)30-23(29-21)27-20-9-7-13-32(20)5-2/h10-11,14,17,20H,4-9,12-13,15H2,1-3H3,(H3,25,26,27,28,29,30). The van der Waals surface area contributed by atoms with Crippen molar-refractivity contribution in [3.63, 3.8) is 0 Å². The highest BCUT2D eigenvalue weighted by molar-refractivity contribution is 5.57. The molecule has 2 aliphatic heterocycles. The van der Waals surface area contributed by atoms with Crippen LogP contribution in [-0.2, 0) is 0 Å². The Labute approximate surface area is 195 Å². The molecule has 2 aromatic rings. The average molecular weight is 459 g/mol. The van der Waals surface area contributed by atoms with Gasteiger partial charge in [-0.15, -0.1) is 0 Å². The number of likely N-dealkylation sites (tertiary alicyclic amines) is 2. The molecule has 0 spiro atoms. The second-order valence-electron chi connectivity index (χ2n) is 8.52. The van der Waals surface area contributed by atoms with Gasteiger partial charge in [-0.3, -0.25) is 9.80 Å². The molecule has 180 valence electrons. The molecule has 2 fully saturated rings. The van der Waals surface area contributed by atoms with Crippen LogP contribution in [0, 0.1) is 5.82 Å². The number of hydrogen-bond acceptors (Lipinski definition) is 9. The fourth-order valence-corrected chi connectivity index (χ4v) is 4.72. The lowest BCUT2D eigenvalue weighted by Gasteiger charge is -2.24. The molecule has 2 atom stereocenters. The smallest absolute Gasteiger partial charge is 0.233 e. The van der Waals surface area contributed by atoms with Gasteiger partial charge in [0.05, 0.1) is 13.3 Å². The fourth-order valence-electron chi connectivity index (χ4n) is 4.72. The molecule has 3 heterocycles. The van der Waals surface area contributed by atoms with Crippen LogP contribution in [0.1, 0.15) is 39.5 Å². The van der Waals surface area contributed by atoms with E-state index in [1.807, 2.05) is 0 Å². The quantitative estimate of drug-likeness (QED) is 0.495. The molecule has 10 heteroatoms. The molecule has 0 radical (unpaired) electrons. The Morgan fingerprint density at radius 3 is 2.48 bits per heavy atom. The normalized spacial score (nSPS) is 21.3. The van der Waals surface area contributed by atoms with Crippen LogP contribution in [0.2, 0.25) is 0 Å². The van der Waals surface area contributed by atoms with Crippen LogP contribution in [0.5, 0.6) is 5.75 Å². The third-order valence-electron chi connectivity index (χ3n) is 6.51. The molecule has 1 aromatic carbocycles. The maximum atomic E-state index is 14.2. The number of halogens is 1.